The van der Waals surface area contributed by atoms with Crippen LogP contribution in [0.3, 0.4) is 0 Å². The Morgan fingerprint density at radius 2 is 1.48 bits per heavy atom. The second-order valence-electron chi connectivity index (χ2n) is 8.77. The Morgan fingerprint density at radius 3 is 2.00 bits per heavy atom. The summed E-state index contributed by atoms with van der Waals surface area (Å²) < 4.78 is 38.6. The lowest BCUT2D eigenvalue weighted by molar-refractivity contribution is -0.137. The van der Waals surface area contributed by atoms with Gasteiger partial charge in [0.05, 0.1) is 11.3 Å². The van der Waals surface area contributed by atoms with Crippen molar-refractivity contribution in [1.29, 1.82) is 0 Å². The van der Waals surface area contributed by atoms with Gasteiger partial charge in [0.25, 0.3) is 0 Å². The predicted molar refractivity (Wildman–Crippen MR) is 104 cm³/mol. The molecule has 0 aliphatic carbocycles. The van der Waals surface area contributed by atoms with E-state index in [9.17, 15) is 18.3 Å². The van der Waals surface area contributed by atoms with Gasteiger partial charge in [-0.1, -0.05) is 53.7 Å². The highest BCUT2D eigenvalue weighted by Crippen LogP contribution is 2.37. The van der Waals surface area contributed by atoms with Gasteiger partial charge in [0, 0.05) is 17.3 Å². The van der Waals surface area contributed by atoms with Crippen LogP contribution in [-0.4, -0.2) is 11.3 Å². The third-order valence-corrected chi connectivity index (χ3v) is 4.34. The van der Waals surface area contributed by atoms with Crippen molar-refractivity contribution in [2.24, 2.45) is 4.99 Å². The maximum Gasteiger partial charge on any atom is 0.416 e. The number of hydrogen-bond acceptors (Lipinski definition) is 2. The van der Waals surface area contributed by atoms with Crippen molar-refractivity contribution in [3.63, 3.8) is 0 Å². The maximum atomic E-state index is 12.9. The van der Waals surface area contributed by atoms with Crippen LogP contribution in [0, 0.1) is 0 Å². The second kappa shape index (κ2) is 7.02. The summed E-state index contributed by atoms with van der Waals surface area (Å²) in [5.74, 6) is 0.103. The fourth-order valence-corrected chi connectivity index (χ4v) is 2.67. The summed E-state index contributed by atoms with van der Waals surface area (Å²) >= 11 is 0. The summed E-state index contributed by atoms with van der Waals surface area (Å²) in [5, 5.41) is 10.7. The number of phenols is 1. The molecule has 0 aromatic heterocycles. The van der Waals surface area contributed by atoms with Crippen molar-refractivity contribution in [3.05, 3.63) is 58.7 Å². The first-order chi connectivity index (χ1) is 12.2. The van der Waals surface area contributed by atoms with E-state index in [4.69, 9.17) is 0 Å². The zero-order valence-electron chi connectivity index (χ0n) is 16.6. The van der Waals surface area contributed by atoms with Crippen LogP contribution in [0.2, 0.25) is 0 Å². The summed E-state index contributed by atoms with van der Waals surface area (Å²) in [5.41, 5.74) is 1.29. The normalized spacial score (nSPS) is 13.4. The van der Waals surface area contributed by atoms with Crippen molar-refractivity contribution < 1.29 is 18.3 Å². The second-order valence-corrected chi connectivity index (χ2v) is 8.77. The first-order valence-corrected chi connectivity index (χ1v) is 8.79. The molecule has 0 aliphatic heterocycles. The molecule has 0 heterocycles. The fraction of sp³-hybridized carbons (Fsp3) is 0.409. The summed E-state index contributed by atoms with van der Waals surface area (Å²) in [4.78, 5) is 4.17. The number of aliphatic imine (C=N–C) groups is 1. The van der Waals surface area contributed by atoms with Crippen molar-refractivity contribution >= 4 is 11.9 Å². The Bertz CT molecular complexity index is 853. The molecule has 0 fully saturated rings. The molecule has 2 nitrogen and oxygen atoms in total. The summed E-state index contributed by atoms with van der Waals surface area (Å²) in [6.45, 7) is 12.2. The Hall–Kier alpha value is -2.30. The predicted octanol–water partition coefficient (Wildman–Crippen LogP) is 6.76. The minimum Gasteiger partial charge on any atom is -0.507 e. The monoisotopic (exact) mass is 377 g/mol. The van der Waals surface area contributed by atoms with Crippen LogP contribution in [0.15, 0.2) is 41.4 Å². The Morgan fingerprint density at radius 1 is 0.852 bits per heavy atom. The highest BCUT2D eigenvalue weighted by atomic mass is 19.4. The third kappa shape index (κ3) is 5.12. The molecule has 0 spiro atoms. The molecule has 0 bridgehead atoms. The highest BCUT2D eigenvalue weighted by molar-refractivity contribution is 5.86. The van der Waals surface area contributed by atoms with E-state index in [1.165, 1.54) is 18.3 Å². The van der Waals surface area contributed by atoms with Gasteiger partial charge < -0.3 is 5.11 Å². The lowest BCUT2D eigenvalue weighted by Crippen LogP contribution is -2.17. The third-order valence-electron chi connectivity index (χ3n) is 4.34. The molecule has 5 heteroatoms. The van der Waals surface area contributed by atoms with Gasteiger partial charge in [0.1, 0.15) is 5.75 Å². The lowest BCUT2D eigenvalue weighted by atomic mass is 9.79. The molecule has 0 aliphatic rings. The van der Waals surface area contributed by atoms with Crippen LogP contribution in [0.1, 0.15) is 63.8 Å². The van der Waals surface area contributed by atoms with E-state index in [2.05, 4.69) is 25.8 Å². The molecule has 2 rings (SSSR count). The minimum atomic E-state index is -4.42. The molecule has 2 aromatic carbocycles. The number of phenolic OH excluding ortho intramolecular Hbond substituents is 1. The lowest BCUT2D eigenvalue weighted by Gasteiger charge is -2.27. The average molecular weight is 377 g/mol. The van der Waals surface area contributed by atoms with Crippen LogP contribution < -0.4 is 0 Å². The molecular weight excluding hydrogens is 351 g/mol. The van der Waals surface area contributed by atoms with E-state index in [0.29, 0.717) is 5.56 Å². The Kier molecular flexibility index (Phi) is 5.46. The fourth-order valence-electron chi connectivity index (χ4n) is 2.67. The van der Waals surface area contributed by atoms with Crippen LogP contribution in [0.25, 0.3) is 0 Å². The van der Waals surface area contributed by atoms with Crippen LogP contribution in [-0.2, 0) is 17.0 Å². The largest absolute Gasteiger partial charge is 0.507 e. The van der Waals surface area contributed by atoms with Gasteiger partial charge in [-0.2, -0.15) is 13.2 Å². The molecule has 146 valence electrons. The quantitative estimate of drug-likeness (QED) is 0.576. The molecular formula is C22H26F3NO. The smallest absolute Gasteiger partial charge is 0.416 e. The summed E-state index contributed by atoms with van der Waals surface area (Å²) in [7, 11) is 0. The molecule has 0 atom stereocenters. The van der Waals surface area contributed by atoms with Gasteiger partial charge in [0.15, 0.2) is 0 Å². The first-order valence-electron chi connectivity index (χ1n) is 8.79. The van der Waals surface area contributed by atoms with Gasteiger partial charge >= 0.3 is 6.18 Å². The first kappa shape index (κ1) is 21.0. The van der Waals surface area contributed by atoms with E-state index >= 15 is 0 Å². The van der Waals surface area contributed by atoms with E-state index in [-0.39, 0.29) is 22.3 Å². The van der Waals surface area contributed by atoms with Crippen molar-refractivity contribution in [2.75, 3.05) is 0 Å². The molecule has 2 aromatic rings. The van der Waals surface area contributed by atoms with E-state index < -0.39 is 11.7 Å². The van der Waals surface area contributed by atoms with Gasteiger partial charge in [-0.25, -0.2) is 0 Å². The molecule has 0 amide bonds. The molecule has 0 saturated carbocycles. The number of benzene rings is 2. The van der Waals surface area contributed by atoms with Crippen molar-refractivity contribution in [2.45, 2.75) is 58.5 Å². The van der Waals surface area contributed by atoms with E-state index in [0.717, 1.165) is 23.3 Å². The topological polar surface area (TPSA) is 32.6 Å². The zero-order valence-corrected chi connectivity index (χ0v) is 16.6. The zero-order chi connectivity index (χ0) is 20.6. The summed E-state index contributed by atoms with van der Waals surface area (Å²) in [6.07, 6.45) is -2.99. The Balaban J connectivity index is 2.54. The molecule has 0 radical (unpaired) electrons. The number of aromatic hydroxyl groups is 1. The Labute approximate surface area is 158 Å². The number of nitrogens with zero attached hydrogens (tertiary/aromatic N) is 1. The molecule has 27 heavy (non-hydrogen) atoms. The standard InChI is InChI=1S/C22H26F3NO/c1-20(2,3)16-10-14(19(27)18(12-16)21(4,5)6)13-26-17-9-7-8-15(11-17)22(23,24)25/h7-13,27H,1-6H3. The van der Waals surface area contributed by atoms with Gasteiger partial charge in [-0.15, -0.1) is 0 Å². The minimum absolute atomic E-state index is 0.103. The van der Waals surface area contributed by atoms with Gasteiger partial charge in [0.2, 0.25) is 0 Å². The number of hydrogen-bond donors (Lipinski definition) is 1. The van der Waals surface area contributed by atoms with Gasteiger partial charge in [-0.05, 0) is 40.7 Å². The maximum absolute atomic E-state index is 12.9. The van der Waals surface area contributed by atoms with Gasteiger partial charge in [-0.3, -0.25) is 4.99 Å². The van der Waals surface area contributed by atoms with Crippen molar-refractivity contribution in [3.8, 4) is 5.75 Å². The van der Waals surface area contributed by atoms with Crippen molar-refractivity contribution in [1.82, 2.24) is 0 Å². The van der Waals surface area contributed by atoms with E-state index in [1.807, 2.05) is 32.9 Å². The number of alkyl halides is 3. The SMILES string of the molecule is CC(C)(C)c1cc(C=Nc2cccc(C(F)(F)F)c2)c(O)c(C(C)(C)C)c1. The van der Waals surface area contributed by atoms with Crippen LogP contribution >= 0.6 is 0 Å². The van der Waals surface area contributed by atoms with Crippen LogP contribution in [0.5, 0.6) is 5.75 Å². The summed E-state index contributed by atoms with van der Waals surface area (Å²) in [6, 6.07) is 8.64. The molecule has 1 N–H and O–H groups in total. The molecule has 0 saturated heterocycles. The average Bonchev–Trinajstić information content (AvgIpc) is 2.51. The van der Waals surface area contributed by atoms with E-state index in [1.54, 1.807) is 0 Å². The number of rotatable bonds is 2. The number of halogens is 3. The van der Waals surface area contributed by atoms with Crippen LogP contribution in [0.4, 0.5) is 18.9 Å². The molecule has 0 unspecified atom stereocenters. The highest BCUT2D eigenvalue weighted by Gasteiger charge is 2.30.